The van der Waals surface area contributed by atoms with E-state index in [0.29, 0.717) is 4.48 Å². The van der Waals surface area contributed by atoms with Gasteiger partial charge in [0.2, 0.25) is 0 Å². The van der Waals surface area contributed by atoms with Crippen LogP contribution in [0.2, 0.25) is 0 Å². The molecule has 0 atom stereocenters. The molecule has 0 radical (unpaired) electrons. The maximum Gasteiger partial charge on any atom is 0.344 e. The van der Waals surface area contributed by atoms with Crippen molar-refractivity contribution in [3.05, 3.63) is 39.9 Å². The van der Waals surface area contributed by atoms with Gasteiger partial charge in [-0.1, -0.05) is 29.8 Å². The highest BCUT2D eigenvalue weighted by atomic mass is 79.9. The summed E-state index contributed by atoms with van der Waals surface area (Å²) in [5, 5.41) is 0. The van der Waals surface area contributed by atoms with E-state index >= 15 is 0 Å². The summed E-state index contributed by atoms with van der Waals surface area (Å²) >= 11 is 3.15. The van der Waals surface area contributed by atoms with Crippen molar-refractivity contribution in [1.29, 1.82) is 0 Å². The van der Waals surface area contributed by atoms with Crippen molar-refractivity contribution in [2.75, 3.05) is 7.11 Å². The Balaban J connectivity index is 2.86. The molecule has 2 nitrogen and oxygen atoms in total. The van der Waals surface area contributed by atoms with E-state index in [0.717, 1.165) is 5.56 Å². The minimum atomic E-state index is -0.370. The molecule has 0 unspecified atom stereocenters. The number of esters is 1. The average molecular weight is 255 g/mol. The van der Waals surface area contributed by atoms with Crippen molar-refractivity contribution in [2.45, 2.75) is 6.92 Å². The number of rotatable bonds is 2. The Bertz CT molecular complexity index is 352. The molecule has 0 fully saturated rings. The fourth-order valence-corrected chi connectivity index (χ4v) is 1.39. The predicted molar refractivity (Wildman–Crippen MR) is 60.1 cm³/mol. The first-order valence-corrected chi connectivity index (χ1v) is 4.95. The fourth-order valence-electron chi connectivity index (χ4n) is 0.965. The Morgan fingerprint density at radius 2 is 1.93 bits per heavy atom. The van der Waals surface area contributed by atoms with Gasteiger partial charge in [0, 0.05) is 0 Å². The van der Waals surface area contributed by atoms with Crippen molar-refractivity contribution >= 4 is 28.0 Å². The molecule has 3 heteroatoms. The molecule has 0 aliphatic heterocycles. The summed E-state index contributed by atoms with van der Waals surface area (Å²) in [5.41, 5.74) is 2.16. The summed E-state index contributed by atoms with van der Waals surface area (Å²) in [6.45, 7) is 2.02. The van der Waals surface area contributed by atoms with Crippen molar-refractivity contribution in [3.63, 3.8) is 0 Å². The van der Waals surface area contributed by atoms with Crippen molar-refractivity contribution in [3.8, 4) is 0 Å². The summed E-state index contributed by atoms with van der Waals surface area (Å²) in [6.07, 6.45) is 1.73. The van der Waals surface area contributed by atoms with Gasteiger partial charge in [-0.2, -0.15) is 0 Å². The Morgan fingerprint density at radius 1 is 1.36 bits per heavy atom. The van der Waals surface area contributed by atoms with Crippen LogP contribution in [0.4, 0.5) is 0 Å². The van der Waals surface area contributed by atoms with Crippen LogP contribution in [0.3, 0.4) is 0 Å². The largest absolute Gasteiger partial charge is 0.465 e. The van der Waals surface area contributed by atoms with Gasteiger partial charge in [-0.05, 0) is 34.5 Å². The number of methoxy groups -OCH3 is 1. The number of carbonyl (C=O) groups excluding carboxylic acids is 1. The quantitative estimate of drug-likeness (QED) is 0.600. The summed E-state index contributed by atoms with van der Waals surface area (Å²) < 4.78 is 4.97. The van der Waals surface area contributed by atoms with E-state index in [1.807, 2.05) is 31.2 Å². The standard InChI is InChI=1S/C11H11BrO2/c1-8-3-5-9(6-4-8)7-10(12)11(13)14-2/h3-7H,1-2H3/b10-7-. The van der Waals surface area contributed by atoms with Gasteiger partial charge < -0.3 is 4.74 Å². The Kier molecular flexibility index (Phi) is 3.89. The van der Waals surface area contributed by atoms with Gasteiger partial charge in [0.25, 0.3) is 0 Å². The van der Waals surface area contributed by atoms with Gasteiger partial charge >= 0.3 is 5.97 Å². The van der Waals surface area contributed by atoms with E-state index in [-0.39, 0.29) is 5.97 Å². The van der Waals surface area contributed by atoms with Crippen LogP contribution in [-0.2, 0) is 9.53 Å². The Hall–Kier alpha value is -1.09. The molecule has 0 saturated carbocycles. The molecule has 0 aromatic heterocycles. The van der Waals surface area contributed by atoms with Crippen LogP contribution < -0.4 is 0 Å². The van der Waals surface area contributed by atoms with Crippen molar-refractivity contribution in [2.24, 2.45) is 0 Å². The van der Waals surface area contributed by atoms with E-state index in [9.17, 15) is 4.79 Å². The van der Waals surface area contributed by atoms with Crippen LogP contribution in [-0.4, -0.2) is 13.1 Å². The lowest BCUT2D eigenvalue weighted by molar-refractivity contribution is -0.135. The van der Waals surface area contributed by atoms with E-state index in [4.69, 9.17) is 0 Å². The highest BCUT2D eigenvalue weighted by molar-refractivity contribution is 9.12. The monoisotopic (exact) mass is 254 g/mol. The van der Waals surface area contributed by atoms with Crippen molar-refractivity contribution in [1.82, 2.24) is 0 Å². The van der Waals surface area contributed by atoms with Gasteiger partial charge in [-0.3, -0.25) is 0 Å². The molecular weight excluding hydrogens is 244 g/mol. The number of carbonyl (C=O) groups is 1. The lowest BCUT2D eigenvalue weighted by Gasteiger charge is -1.98. The third-order valence-electron chi connectivity index (χ3n) is 1.75. The van der Waals surface area contributed by atoms with Gasteiger partial charge in [0.15, 0.2) is 0 Å². The number of hydrogen-bond acceptors (Lipinski definition) is 2. The molecular formula is C11H11BrO2. The van der Waals surface area contributed by atoms with Crippen LogP contribution in [0.1, 0.15) is 11.1 Å². The van der Waals surface area contributed by atoms with Gasteiger partial charge in [-0.25, -0.2) is 4.79 Å². The maximum atomic E-state index is 11.0. The smallest absolute Gasteiger partial charge is 0.344 e. The number of halogens is 1. The first-order valence-electron chi connectivity index (χ1n) is 4.15. The number of ether oxygens (including phenoxy) is 1. The lowest BCUT2D eigenvalue weighted by Crippen LogP contribution is -1.98. The number of hydrogen-bond donors (Lipinski definition) is 0. The van der Waals surface area contributed by atoms with Crippen LogP contribution in [0.5, 0.6) is 0 Å². The summed E-state index contributed by atoms with van der Waals surface area (Å²) in [5.74, 6) is -0.370. The molecule has 1 rings (SSSR count). The SMILES string of the molecule is COC(=O)/C(Br)=C/c1ccc(C)cc1. The second kappa shape index (κ2) is 4.96. The van der Waals surface area contributed by atoms with Crippen molar-refractivity contribution < 1.29 is 9.53 Å². The molecule has 0 amide bonds. The first kappa shape index (κ1) is 11.0. The molecule has 0 bridgehead atoms. The highest BCUT2D eigenvalue weighted by Crippen LogP contribution is 2.14. The van der Waals surface area contributed by atoms with Gasteiger partial charge in [-0.15, -0.1) is 0 Å². The molecule has 0 aliphatic carbocycles. The average Bonchev–Trinajstić information content (AvgIpc) is 2.20. The fraction of sp³-hybridized carbons (Fsp3) is 0.182. The summed E-state index contributed by atoms with van der Waals surface area (Å²) in [4.78, 5) is 11.0. The molecule has 0 aliphatic rings. The van der Waals surface area contributed by atoms with E-state index in [1.165, 1.54) is 12.7 Å². The van der Waals surface area contributed by atoms with Gasteiger partial charge in [0.05, 0.1) is 7.11 Å². The molecule has 0 N–H and O–H groups in total. The summed E-state index contributed by atoms with van der Waals surface area (Å²) in [7, 11) is 1.35. The van der Waals surface area contributed by atoms with E-state index in [1.54, 1.807) is 6.08 Å². The predicted octanol–water partition coefficient (Wildman–Crippen LogP) is 2.90. The Morgan fingerprint density at radius 3 is 2.43 bits per heavy atom. The minimum Gasteiger partial charge on any atom is -0.465 e. The zero-order valence-corrected chi connectivity index (χ0v) is 9.67. The van der Waals surface area contributed by atoms with E-state index < -0.39 is 0 Å². The van der Waals surface area contributed by atoms with Crippen LogP contribution in [0, 0.1) is 6.92 Å². The normalized spacial score (nSPS) is 11.2. The molecule has 1 aromatic rings. The number of benzene rings is 1. The topological polar surface area (TPSA) is 26.3 Å². The van der Waals surface area contributed by atoms with Crippen LogP contribution in [0.15, 0.2) is 28.7 Å². The third-order valence-corrected chi connectivity index (χ3v) is 2.30. The second-order valence-corrected chi connectivity index (χ2v) is 3.75. The molecule has 0 heterocycles. The molecule has 1 aromatic carbocycles. The molecule has 0 spiro atoms. The molecule has 0 saturated heterocycles. The summed E-state index contributed by atoms with van der Waals surface area (Å²) in [6, 6.07) is 7.87. The van der Waals surface area contributed by atoms with E-state index in [2.05, 4.69) is 20.7 Å². The highest BCUT2D eigenvalue weighted by Gasteiger charge is 2.04. The second-order valence-electron chi connectivity index (χ2n) is 2.89. The molecule has 74 valence electrons. The lowest BCUT2D eigenvalue weighted by atomic mass is 10.1. The van der Waals surface area contributed by atoms with Crippen LogP contribution >= 0.6 is 15.9 Å². The third kappa shape index (κ3) is 3.00. The zero-order chi connectivity index (χ0) is 10.6. The first-order chi connectivity index (χ1) is 6.63. The number of aryl methyl sites for hydroxylation is 1. The minimum absolute atomic E-state index is 0.370. The Labute approximate surface area is 91.7 Å². The van der Waals surface area contributed by atoms with Crippen LogP contribution in [0.25, 0.3) is 6.08 Å². The maximum absolute atomic E-state index is 11.0. The zero-order valence-electron chi connectivity index (χ0n) is 8.08. The van der Waals surface area contributed by atoms with Gasteiger partial charge in [0.1, 0.15) is 4.48 Å². The molecule has 14 heavy (non-hydrogen) atoms.